The Labute approximate surface area is 144 Å². The van der Waals surface area contributed by atoms with Crippen LogP contribution in [0.15, 0.2) is 58.4 Å². The summed E-state index contributed by atoms with van der Waals surface area (Å²) in [6.07, 6.45) is 1.52. The first kappa shape index (κ1) is 16.1. The summed E-state index contributed by atoms with van der Waals surface area (Å²) >= 11 is 5.93. The van der Waals surface area contributed by atoms with Crippen molar-refractivity contribution in [1.82, 2.24) is 9.78 Å². The predicted octanol–water partition coefficient (Wildman–Crippen LogP) is 3.88. The number of halogens is 1. The van der Waals surface area contributed by atoms with Crippen LogP contribution in [0.3, 0.4) is 0 Å². The molecule has 0 aliphatic rings. The quantitative estimate of drug-likeness (QED) is 0.559. The summed E-state index contributed by atoms with van der Waals surface area (Å²) in [5.41, 5.74) is 6.59. The zero-order valence-electron chi connectivity index (χ0n) is 13.4. The van der Waals surface area contributed by atoms with Crippen LogP contribution in [0.4, 0.5) is 5.69 Å². The molecule has 0 aliphatic heterocycles. The Morgan fingerprint density at radius 2 is 1.96 bits per heavy atom. The molecule has 0 saturated heterocycles. The molecule has 0 atom stereocenters. The van der Waals surface area contributed by atoms with Gasteiger partial charge in [-0.25, -0.2) is 4.68 Å². The lowest BCUT2D eigenvalue weighted by molar-refractivity contribution is 0.829. The number of benzene rings is 2. The highest BCUT2D eigenvalue weighted by atomic mass is 35.5. The molecule has 1 aromatic heterocycles. The van der Waals surface area contributed by atoms with Crippen molar-refractivity contribution in [3.05, 3.63) is 80.7 Å². The molecule has 0 spiro atoms. The predicted molar refractivity (Wildman–Crippen MR) is 98.5 cm³/mol. The maximum Gasteiger partial charge on any atom is 0.280 e. The molecule has 0 amide bonds. The van der Waals surface area contributed by atoms with Crippen LogP contribution in [0.2, 0.25) is 5.02 Å². The van der Waals surface area contributed by atoms with E-state index in [1.165, 1.54) is 10.9 Å². The number of hydrogen-bond acceptors (Lipinski definition) is 3. The van der Waals surface area contributed by atoms with Gasteiger partial charge in [0.15, 0.2) is 0 Å². The number of hydrogen-bond donors (Lipinski definition) is 2. The molecule has 2 N–H and O–H groups in total. The number of H-pyrrole nitrogens is 1. The van der Waals surface area contributed by atoms with Gasteiger partial charge in [0.1, 0.15) is 0 Å². The van der Waals surface area contributed by atoms with Crippen LogP contribution in [0.5, 0.6) is 0 Å². The third-order valence-electron chi connectivity index (χ3n) is 3.69. The summed E-state index contributed by atoms with van der Waals surface area (Å²) in [6, 6.07) is 14.9. The Kier molecular flexibility index (Phi) is 4.53. The maximum absolute atomic E-state index is 12.6. The van der Waals surface area contributed by atoms with Crippen molar-refractivity contribution in [2.24, 2.45) is 5.10 Å². The standard InChI is InChI=1S/C18H17ClN4O/c1-12-6-3-4-9-17(12)23-18(24)16(13(2)22-23)11-20-21-15-8-5-7-14(19)10-15/h3-11,21-22H,1-2H3. The molecule has 0 radical (unpaired) electrons. The molecule has 3 rings (SSSR count). The summed E-state index contributed by atoms with van der Waals surface area (Å²) in [5, 5.41) is 7.85. The largest absolute Gasteiger partial charge is 0.295 e. The second-order valence-corrected chi connectivity index (χ2v) is 5.89. The molecule has 0 fully saturated rings. The Morgan fingerprint density at radius 3 is 2.71 bits per heavy atom. The minimum atomic E-state index is -0.140. The fraction of sp³-hybridized carbons (Fsp3) is 0.111. The fourth-order valence-corrected chi connectivity index (χ4v) is 2.62. The van der Waals surface area contributed by atoms with Crippen LogP contribution >= 0.6 is 11.6 Å². The van der Waals surface area contributed by atoms with Crippen LogP contribution in [-0.4, -0.2) is 16.0 Å². The van der Waals surface area contributed by atoms with Crippen LogP contribution in [0, 0.1) is 13.8 Å². The van der Waals surface area contributed by atoms with E-state index in [0.29, 0.717) is 10.6 Å². The van der Waals surface area contributed by atoms with Gasteiger partial charge >= 0.3 is 0 Å². The number of aromatic nitrogens is 2. The Bertz CT molecular complexity index is 956. The zero-order chi connectivity index (χ0) is 17.1. The molecule has 6 heteroatoms. The van der Waals surface area contributed by atoms with E-state index in [-0.39, 0.29) is 5.56 Å². The van der Waals surface area contributed by atoms with Gasteiger partial charge in [-0.05, 0) is 43.7 Å². The first-order chi connectivity index (χ1) is 11.6. The van der Waals surface area contributed by atoms with Crippen LogP contribution in [-0.2, 0) is 0 Å². The highest BCUT2D eigenvalue weighted by Gasteiger charge is 2.11. The van der Waals surface area contributed by atoms with Gasteiger partial charge in [0, 0.05) is 10.7 Å². The van der Waals surface area contributed by atoms with E-state index in [0.717, 1.165) is 22.6 Å². The molecular formula is C18H17ClN4O. The third kappa shape index (κ3) is 3.26. The Hall–Kier alpha value is -2.79. The fourth-order valence-electron chi connectivity index (χ4n) is 2.42. The van der Waals surface area contributed by atoms with Crippen molar-refractivity contribution in [3.63, 3.8) is 0 Å². The molecule has 122 valence electrons. The number of aromatic amines is 1. The summed E-state index contributed by atoms with van der Waals surface area (Å²) in [6.45, 7) is 3.81. The van der Waals surface area contributed by atoms with Crippen LogP contribution in [0.1, 0.15) is 16.8 Å². The van der Waals surface area contributed by atoms with Gasteiger partial charge in [-0.1, -0.05) is 35.9 Å². The summed E-state index contributed by atoms with van der Waals surface area (Å²) in [7, 11) is 0. The van der Waals surface area contributed by atoms with Gasteiger partial charge in [0.05, 0.1) is 23.2 Å². The zero-order valence-corrected chi connectivity index (χ0v) is 14.1. The molecule has 24 heavy (non-hydrogen) atoms. The lowest BCUT2D eigenvalue weighted by atomic mass is 10.2. The number of aryl methyl sites for hydroxylation is 2. The van der Waals surface area contributed by atoms with Gasteiger partial charge in [0.25, 0.3) is 5.56 Å². The van der Waals surface area contributed by atoms with Gasteiger partial charge < -0.3 is 0 Å². The number of nitrogens with one attached hydrogen (secondary N) is 2. The highest BCUT2D eigenvalue weighted by Crippen LogP contribution is 2.15. The van der Waals surface area contributed by atoms with Crippen LogP contribution < -0.4 is 11.0 Å². The monoisotopic (exact) mass is 340 g/mol. The van der Waals surface area contributed by atoms with Crippen LogP contribution in [0.25, 0.3) is 5.69 Å². The van der Waals surface area contributed by atoms with E-state index in [1.54, 1.807) is 12.1 Å². The molecule has 2 aromatic carbocycles. The van der Waals surface area contributed by atoms with Crippen molar-refractivity contribution in [1.29, 1.82) is 0 Å². The molecule has 0 bridgehead atoms. The van der Waals surface area contributed by atoms with Crippen molar-refractivity contribution in [2.75, 3.05) is 5.43 Å². The van der Waals surface area contributed by atoms with Crippen molar-refractivity contribution < 1.29 is 0 Å². The van der Waals surface area contributed by atoms with E-state index in [4.69, 9.17) is 11.6 Å². The third-order valence-corrected chi connectivity index (χ3v) is 3.92. The molecule has 0 unspecified atom stereocenters. The van der Waals surface area contributed by atoms with Gasteiger partial charge in [-0.15, -0.1) is 0 Å². The smallest absolute Gasteiger partial charge is 0.280 e. The van der Waals surface area contributed by atoms with Gasteiger partial charge in [-0.3, -0.25) is 15.3 Å². The first-order valence-electron chi connectivity index (χ1n) is 7.48. The van der Waals surface area contributed by atoms with E-state index in [1.807, 2.05) is 50.2 Å². The van der Waals surface area contributed by atoms with Gasteiger partial charge in [0.2, 0.25) is 0 Å². The minimum Gasteiger partial charge on any atom is -0.295 e. The molecule has 0 saturated carbocycles. The number of anilines is 1. The topological polar surface area (TPSA) is 62.2 Å². The second kappa shape index (κ2) is 6.76. The lowest BCUT2D eigenvalue weighted by Gasteiger charge is -2.04. The van der Waals surface area contributed by atoms with Crippen molar-refractivity contribution in [2.45, 2.75) is 13.8 Å². The number of para-hydroxylation sites is 1. The number of rotatable bonds is 4. The van der Waals surface area contributed by atoms with Crippen molar-refractivity contribution in [3.8, 4) is 5.69 Å². The van der Waals surface area contributed by atoms with Crippen molar-refractivity contribution >= 4 is 23.5 Å². The van der Waals surface area contributed by atoms with Gasteiger partial charge in [-0.2, -0.15) is 5.10 Å². The van der Waals surface area contributed by atoms with E-state index < -0.39 is 0 Å². The SMILES string of the molecule is Cc1ccccc1-n1[nH]c(C)c(C=NNc2cccc(Cl)c2)c1=O. The molecule has 1 heterocycles. The lowest BCUT2D eigenvalue weighted by Crippen LogP contribution is -2.18. The normalized spacial score (nSPS) is 11.1. The first-order valence-corrected chi connectivity index (χ1v) is 7.86. The average molecular weight is 341 g/mol. The van der Waals surface area contributed by atoms with E-state index >= 15 is 0 Å². The molecule has 0 aliphatic carbocycles. The molecule has 5 nitrogen and oxygen atoms in total. The molecular weight excluding hydrogens is 324 g/mol. The van der Waals surface area contributed by atoms with E-state index in [9.17, 15) is 4.79 Å². The second-order valence-electron chi connectivity index (χ2n) is 5.46. The summed E-state index contributed by atoms with van der Waals surface area (Å²) in [5.74, 6) is 0. The summed E-state index contributed by atoms with van der Waals surface area (Å²) in [4.78, 5) is 12.6. The highest BCUT2D eigenvalue weighted by molar-refractivity contribution is 6.30. The average Bonchev–Trinajstić information content (AvgIpc) is 2.83. The van der Waals surface area contributed by atoms with E-state index in [2.05, 4.69) is 15.6 Å². The Morgan fingerprint density at radius 1 is 1.17 bits per heavy atom. The minimum absolute atomic E-state index is 0.140. The summed E-state index contributed by atoms with van der Waals surface area (Å²) < 4.78 is 1.53. The number of hydrazone groups is 1. The number of nitrogens with zero attached hydrogens (tertiary/aromatic N) is 2. The molecule has 3 aromatic rings. The maximum atomic E-state index is 12.6. The Balaban J connectivity index is 1.89.